The molecule has 1 aliphatic heterocycles. The Morgan fingerprint density at radius 1 is 1.31 bits per heavy atom. The van der Waals surface area contributed by atoms with Crippen LogP contribution in [0.25, 0.3) is 0 Å². The van der Waals surface area contributed by atoms with Crippen LogP contribution in [0, 0.1) is 5.92 Å². The molecule has 2 fully saturated rings. The summed E-state index contributed by atoms with van der Waals surface area (Å²) in [4.78, 5) is 11.2. The van der Waals surface area contributed by atoms with Crippen molar-refractivity contribution in [2.45, 2.75) is 38.1 Å². The molecule has 3 nitrogen and oxygen atoms in total. The number of nitrogens with one attached hydrogen (secondary N) is 2. The second-order valence-electron chi connectivity index (χ2n) is 4.19. The van der Waals surface area contributed by atoms with Crippen LogP contribution in [-0.4, -0.2) is 25.0 Å². The molecular formula is C10H18N2O. The SMILES string of the molecule is O=C1NCCC1NCC1CCCC1. The molecule has 0 spiro atoms. The minimum absolute atomic E-state index is 0.0978. The molecule has 1 unspecified atom stereocenters. The zero-order valence-corrected chi connectivity index (χ0v) is 8.01. The molecule has 1 saturated heterocycles. The Morgan fingerprint density at radius 2 is 2.08 bits per heavy atom. The van der Waals surface area contributed by atoms with Crippen molar-refractivity contribution in [2.75, 3.05) is 13.1 Å². The van der Waals surface area contributed by atoms with Gasteiger partial charge in [-0.1, -0.05) is 12.8 Å². The van der Waals surface area contributed by atoms with Gasteiger partial charge < -0.3 is 10.6 Å². The van der Waals surface area contributed by atoms with Crippen molar-refractivity contribution in [2.24, 2.45) is 5.92 Å². The van der Waals surface area contributed by atoms with Crippen molar-refractivity contribution >= 4 is 5.91 Å². The summed E-state index contributed by atoms with van der Waals surface area (Å²) in [6.45, 7) is 1.89. The molecule has 1 heterocycles. The molecule has 0 radical (unpaired) electrons. The Bertz CT molecular complexity index is 187. The lowest BCUT2D eigenvalue weighted by Crippen LogP contribution is -2.38. The van der Waals surface area contributed by atoms with E-state index in [1.807, 2.05) is 0 Å². The minimum atomic E-state index is 0.0978. The summed E-state index contributed by atoms with van der Waals surface area (Å²) in [6, 6.07) is 0.0978. The van der Waals surface area contributed by atoms with Gasteiger partial charge in [0.1, 0.15) is 0 Å². The summed E-state index contributed by atoms with van der Waals surface area (Å²) in [7, 11) is 0. The quantitative estimate of drug-likeness (QED) is 0.673. The molecule has 1 amide bonds. The largest absolute Gasteiger partial charge is 0.355 e. The van der Waals surface area contributed by atoms with E-state index in [0.717, 1.165) is 25.4 Å². The van der Waals surface area contributed by atoms with Crippen LogP contribution in [0.1, 0.15) is 32.1 Å². The van der Waals surface area contributed by atoms with Gasteiger partial charge in [-0.05, 0) is 31.7 Å². The maximum absolute atomic E-state index is 11.2. The normalized spacial score (nSPS) is 29.5. The highest BCUT2D eigenvalue weighted by atomic mass is 16.2. The van der Waals surface area contributed by atoms with E-state index in [2.05, 4.69) is 10.6 Å². The maximum atomic E-state index is 11.2. The van der Waals surface area contributed by atoms with Crippen LogP contribution in [0.3, 0.4) is 0 Å². The van der Waals surface area contributed by atoms with Crippen molar-refractivity contribution in [3.63, 3.8) is 0 Å². The first-order valence-electron chi connectivity index (χ1n) is 5.37. The Balaban J connectivity index is 1.69. The third-order valence-corrected chi connectivity index (χ3v) is 3.18. The minimum Gasteiger partial charge on any atom is -0.355 e. The molecule has 1 aliphatic carbocycles. The number of carbonyl (C=O) groups excluding carboxylic acids is 1. The molecule has 74 valence electrons. The molecule has 1 atom stereocenters. The van der Waals surface area contributed by atoms with Gasteiger partial charge in [0.15, 0.2) is 0 Å². The van der Waals surface area contributed by atoms with Gasteiger partial charge in [-0.2, -0.15) is 0 Å². The fraction of sp³-hybridized carbons (Fsp3) is 0.900. The lowest BCUT2D eigenvalue weighted by Gasteiger charge is -2.13. The van der Waals surface area contributed by atoms with E-state index < -0.39 is 0 Å². The second kappa shape index (κ2) is 4.09. The Kier molecular flexibility index (Phi) is 2.83. The lowest BCUT2D eigenvalue weighted by atomic mass is 10.1. The van der Waals surface area contributed by atoms with Crippen LogP contribution in [-0.2, 0) is 4.79 Å². The number of hydrogen-bond donors (Lipinski definition) is 2. The molecule has 2 rings (SSSR count). The van der Waals surface area contributed by atoms with Crippen LogP contribution in [0.4, 0.5) is 0 Å². The summed E-state index contributed by atoms with van der Waals surface area (Å²) in [5.74, 6) is 1.02. The van der Waals surface area contributed by atoms with Crippen molar-refractivity contribution in [3.05, 3.63) is 0 Å². The van der Waals surface area contributed by atoms with E-state index in [4.69, 9.17) is 0 Å². The van der Waals surface area contributed by atoms with E-state index >= 15 is 0 Å². The van der Waals surface area contributed by atoms with E-state index in [1.165, 1.54) is 25.7 Å². The van der Waals surface area contributed by atoms with Crippen LogP contribution in [0.5, 0.6) is 0 Å². The van der Waals surface area contributed by atoms with Gasteiger partial charge in [-0.25, -0.2) is 0 Å². The van der Waals surface area contributed by atoms with Gasteiger partial charge in [0.05, 0.1) is 6.04 Å². The van der Waals surface area contributed by atoms with E-state index in [1.54, 1.807) is 0 Å². The number of hydrogen-bond acceptors (Lipinski definition) is 2. The zero-order chi connectivity index (χ0) is 9.10. The topological polar surface area (TPSA) is 41.1 Å². The third kappa shape index (κ3) is 2.21. The highest BCUT2D eigenvalue weighted by Crippen LogP contribution is 2.23. The summed E-state index contributed by atoms with van der Waals surface area (Å²) < 4.78 is 0. The van der Waals surface area contributed by atoms with Gasteiger partial charge in [0.25, 0.3) is 0 Å². The third-order valence-electron chi connectivity index (χ3n) is 3.18. The predicted molar refractivity (Wildman–Crippen MR) is 51.4 cm³/mol. The van der Waals surface area contributed by atoms with E-state index in [-0.39, 0.29) is 11.9 Å². The van der Waals surface area contributed by atoms with Gasteiger partial charge in [-0.15, -0.1) is 0 Å². The number of carbonyl (C=O) groups is 1. The number of rotatable bonds is 3. The van der Waals surface area contributed by atoms with Crippen molar-refractivity contribution in [3.8, 4) is 0 Å². The van der Waals surface area contributed by atoms with Crippen molar-refractivity contribution in [1.29, 1.82) is 0 Å². The summed E-state index contributed by atoms with van der Waals surface area (Å²) in [5, 5.41) is 6.20. The molecule has 1 saturated carbocycles. The Labute approximate surface area is 79.3 Å². The fourth-order valence-corrected chi connectivity index (χ4v) is 2.31. The van der Waals surface area contributed by atoms with E-state index in [9.17, 15) is 4.79 Å². The molecule has 3 heteroatoms. The monoisotopic (exact) mass is 182 g/mol. The number of amides is 1. The molecule has 2 aliphatic rings. The van der Waals surface area contributed by atoms with Gasteiger partial charge in [0, 0.05) is 6.54 Å². The first-order valence-corrected chi connectivity index (χ1v) is 5.37. The first-order chi connectivity index (χ1) is 6.36. The van der Waals surface area contributed by atoms with Gasteiger partial charge >= 0.3 is 0 Å². The van der Waals surface area contributed by atoms with Crippen LogP contribution < -0.4 is 10.6 Å². The smallest absolute Gasteiger partial charge is 0.237 e. The van der Waals surface area contributed by atoms with Crippen LogP contribution in [0.2, 0.25) is 0 Å². The molecule has 13 heavy (non-hydrogen) atoms. The second-order valence-corrected chi connectivity index (χ2v) is 4.19. The maximum Gasteiger partial charge on any atom is 0.237 e. The molecule has 0 aromatic heterocycles. The lowest BCUT2D eigenvalue weighted by molar-refractivity contribution is -0.120. The van der Waals surface area contributed by atoms with Crippen LogP contribution >= 0.6 is 0 Å². The predicted octanol–water partition coefficient (Wildman–Crippen LogP) is 0.655. The van der Waals surface area contributed by atoms with Crippen molar-refractivity contribution in [1.82, 2.24) is 10.6 Å². The van der Waals surface area contributed by atoms with Gasteiger partial charge in [0.2, 0.25) is 5.91 Å². The van der Waals surface area contributed by atoms with Crippen molar-refractivity contribution < 1.29 is 4.79 Å². The summed E-state index contributed by atoms with van der Waals surface area (Å²) in [6.07, 6.45) is 6.42. The molecule has 2 N–H and O–H groups in total. The molecule has 0 aromatic carbocycles. The average molecular weight is 182 g/mol. The van der Waals surface area contributed by atoms with Crippen LogP contribution in [0.15, 0.2) is 0 Å². The molecular weight excluding hydrogens is 164 g/mol. The van der Waals surface area contributed by atoms with Gasteiger partial charge in [-0.3, -0.25) is 4.79 Å². The fourth-order valence-electron chi connectivity index (χ4n) is 2.31. The highest BCUT2D eigenvalue weighted by Gasteiger charge is 2.24. The summed E-state index contributed by atoms with van der Waals surface area (Å²) >= 11 is 0. The Hall–Kier alpha value is -0.570. The zero-order valence-electron chi connectivity index (χ0n) is 8.01. The molecule has 0 aromatic rings. The Morgan fingerprint density at radius 3 is 2.69 bits per heavy atom. The summed E-state index contributed by atoms with van der Waals surface area (Å²) in [5.41, 5.74) is 0. The highest BCUT2D eigenvalue weighted by molar-refractivity contribution is 5.83. The average Bonchev–Trinajstić information content (AvgIpc) is 2.72. The standard InChI is InChI=1S/C10H18N2O/c13-10-9(5-6-11-10)12-7-8-3-1-2-4-8/h8-9,12H,1-7H2,(H,11,13). The van der Waals surface area contributed by atoms with E-state index in [0.29, 0.717) is 0 Å². The molecule has 0 bridgehead atoms. The first kappa shape index (κ1) is 9.00.